The Bertz CT molecular complexity index is 1390. The molecule has 0 fully saturated rings. The molecule has 29 heavy (non-hydrogen) atoms. The van der Waals surface area contributed by atoms with Gasteiger partial charge in [-0.3, -0.25) is 23.7 Å². The Labute approximate surface area is 173 Å². The van der Waals surface area contributed by atoms with Gasteiger partial charge in [0.05, 0.1) is 11.3 Å². The van der Waals surface area contributed by atoms with E-state index in [0.29, 0.717) is 44.7 Å². The second kappa shape index (κ2) is 7.64. The number of unbranched alkanes of at least 4 members (excludes halogenated alkanes) is 1. The van der Waals surface area contributed by atoms with Crippen molar-refractivity contribution >= 4 is 44.5 Å². The summed E-state index contributed by atoms with van der Waals surface area (Å²) in [5.74, 6) is 1.04. The summed E-state index contributed by atoms with van der Waals surface area (Å²) in [4.78, 5) is 48.6. The molecule has 0 radical (unpaired) electrons. The van der Waals surface area contributed by atoms with Gasteiger partial charge in [-0.25, -0.2) is 14.8 Å². The van der Waals surface area contributed by atoms with Gasteiger partial charge in [0, 0.05) is 20.6 Å². The Morgan fingerprint density at radius 3 is 2.72 bits per heavy atom. The van der Waals surface area contributed by atoms with Crippen molar-refractivity contribution in [3.63, 3.8) is 0 Å². The molecule has 0 spiro atoms. The van der Waals surface area contributed by atoms with Crippen molar-refractivity contribution in [2.75, 3.05) is 0 Å². The van der Waals surface area contributed by atoms with Crippen LogP contribution in [-0.4, -0.2) is 28.7 Å². The fourth-order valence-corrected chi connectivity index (χ4v) is 4.93. The second-order valence-corrected chi connectivity index (χ2v) is 8.56. The molecule has 4 aromatic rings. The lowest BCUT2D eigenvalue weighted by atomic mass is 10.3. The first-order valence-corrected chi connectivity index (χ1v) is 11.0. The molecule has 0 saturated heterocycles. The van der Waals surface area contributed by atoms with Crippen molar-refractivity contribution in [2.45, 2.75) is 37.2 Å². The Balaban J connectivity index is 1.74. The van der Waals surface area contributed by atoms with Crippen molar-refractivity contribution in [3.8, 4) is 0 Å². The lowest BCUT2D eigenvalue weighted by molar-refractivity contribution is 0.613. The quantitative estimate of drug-likeness (QED) is 0.368. The predicted molar refractivity (Wildman–Crippen MR) is 115 cm³/mol. The molecule has 0 unspecified atom stereocenters. The monoisotopic (exact) mass is 432 g/mol. The molecule has 4 heterocycles. The molecule has 1 N–H and O–H groups in total. The average molecular weight is 433 g/mol. The van der Waals surface area contributed by atoms with Gasteiger partial charge in [-0.2, -0.15) is 0 Å². The van der Waals surface area contributed by atoms with E-state index in [1.807, 2.05) is 18.4 Å². The first-order chi connectivity index (χ1) is 13.9. The Morgan fingerprint density at radius 2 is 1.97 bits per heavy atom. The maximum Gasteiger partial charge on any atom is 0.330 e. The highest BCUT2D eigenvalue weighted by Gasteiger charge is 2.17. The van der Waals surface area contributed by atoms with Gasteiger partial charge in [-0.1, -0.05) is 25.1 Å². The van der Waals surface area contributed by atoms with Gasteiger partial charge in [0.15, 0.2) is 16.3 Å². The van der Waals surface area contributed by atoms with Crippen LogP contribution in [0.1, 0.15) is 25.6 Å². The number of aromatic nitrogens is 6. The molecule has 4 rings (SSSR count). The predicted octanol–water partition coefficient (Wildman–Crippen LogP) is 1.82. The van der Waals surface area contributed by atoms with Crippen molar-refractivity contribution in [1.82, 2.24) is 28.7 Å². The molecule has 11 heteroatoms. The molecule has 0 aromatic carbocycles. The molecule has 0 aliphatic carbocycles. The van der Waals surface area contributed by atoms with E-state index in [1.54, 1.807) is 18.7 Å². The minimum Gasteiger partial charge on any atom is -0.325 e. The van der Waals surface area contributed by atoms with Gasteiger partial charge in [-0.15, -0.1) is 11.3 Å². The van der Waals surface area contributed by atoms with E-state index >= 15 is 0 Å². The summed E-state index contributed by atoms with van der Waals surface area (Å²) in [6.07, 6.45) is 1.74. The van der Waals surface area contributed by atoms with Gasteiger partial charge < -0.3 is 4.57 Å². The highest BCUT2D eigenvalue weighted by molar-refractivity contribution is 7.98. The first kappa shape index (κ1) is 19.6. The van der Waals surface area contributed by atoms with Crippen LogP contribution in [0.5, 0.6) is 0 Å². The normalized spacial score (nSPS) is 11.7. The second-order valence-electron chi connectivity index (χ2n) is 6.71. The van der Waals surface area contributed by atoms with E-state index < -0.39 is 11.2 Å². The number of imidazole rings is 1. The summed E-state index contributed by atoms with van der Waals surface area (Å²) in [6.45, 7) is 2.53. The molecular formula is C18H20N6O3S2. The van der Waals surface area contributed by atoms with Crippen molar-refractivity contribution in [2.24, 2.45) is 14.1 Å². The molecule has 152 valence electrons. The Morgan fingerprint density at radius 1 is 1.17 bits per heavy atom. The fourth-order valence-electron chi connectivity index (χ4n) is 3.17. The van der Waals surface area contributed by atoms with E-state index in [4.69, 9.17) is 0 Å². The highest BCUT2D eigenvalue weighted by Crippen LogP contribution is 2.24. The van der Waals surface area contributed by atoms with Gasteiger partial charge in [0.25, 0.3) is 11.1 Å². The lowest BCUT2D eigenvalue weighted by Gasteiger charge is -2.07. The van der Waals surface area contributed by atoms with Crippen LogP contribution in [-0.2, 0) is 26.4 Å². The first-order valence-electron chi connectivity index (χ1n) is 9.17. The number of nitrogens with one attached hydrogen (secondary N) is 1. The minimum absolute atomic E-state index is 0.0812. The molecule has 9 nitrogen and oxygen atoms in total. The number of aromatic amines is 1. The molecule has 0 atom stereocenters. The third kappa shape index (κ3) is 3.33. The Hall–Kier alpha value is -2.66. The number of hydrogen-bond acceptors (Lipinski definition) is 7. The number of H-pyrrole nitrogens is 1. The van der Waals surface area contributed by atoms with Crippen LogP contribution in [0.15, 0.2) is 31.0 Å². The summed E-state index contributed by atoms with van der Waals surface area (Å²) in [5, 5.41) is 2.42. The number of fused-ring (bicyclic) bond motifs is 2. The maximum atomic E-state index is 12.5. The number of hydrogen-bond donors (Lipinski definition) is 1. The largest absolute Gasteiger partial charge is 0.330 e. The molecule has 0 aliphatic rings. The van der Waals surface area contributed by atoms with Crippen LogP contribution >= 0.6 is 23.1 Å². The summed E-state index contributed by atoms with van der Waals surface area (Å²) in [7, 11) is 3.45. The highest BCUT2D eigenvalue weighted by atomic mass is 32.2. The number of nitrogens with zero attached hydrogens (tertiary/aromatic N) is 5. The summed E-state index contributed by atoms with van der Waals surface area (Å²) >= 11 is 2.74. The van der Waals surface area contributed by atoms with Crippen LogP contribution in [0.4, 0.5) is 0 Å². The van der Waals surface area contributed by atoms with E-state index in [9.17, 15) is 14.4 Å². The zero-order valence-corrected chi connectivity index (χ0v) is 17.9. The van der Waals surface area contributed by atoms with Crippen LogP contribution in [0.3, 0.4) is 0 Å². The van der Waals surface area contributed by atoms with Gasteiger partial charge in [0.2, 0.25) is 0 Å². The molecule has 0 saturated carbocycles. The number of thiophene rings is 1. The summed E-state index contributed by atoms with van der Waals surface area (Å²) in [5.41, 5.74) is 0.458. The number of thioether (sulfide) groups is 1. The average Bonchev–Trinajstić information content (AvgIpc) is 3.28. The summed E-state index contributed by atoms with van der Waals surface area (Å²) < 4.78 is 5.37. The van der Waals surface area contributed by atoms with E-state index in [2.05, 4.69) is 15.0 Å². The summed E-state index contributed by atoms with van der Waals surface area (Å²) in [6, 6.07) is 1.83. The topological polar surface area (TPSA) is 108 Å². The maximum absolute atomic E-state index is 12.5. The van der Waals surface area contributed by atoms with Crippen LogP contribution in [0.2, 0.25) is 0 Å². The number of aryl methyl sites for hydroxylation is 2. The molecule has 0 bridgehead atoms. The van der Waals surface area contributed by atoms with Crippen molar-refractivity contribution in [3.05, 3.63) is 48.5 Å². The number of rotatable bonds is 6. The van der Waals surface area contributed by atoms with Gasteiger partial charge >= 0.3 is 5.69 Å². The molecule has 0 aliphatic heterocycles. The molecular weight excluding hydrogens is 412 g/mol. The van der Waals surface area contributed by atoms with Gasteiger partial charge in [0.1, 0.15) is 10.5 Å². The van der Waals surface area contributed by atoms with Crippen LogP contribution < -0.4 is 16.8 Å². The third-order valence-electron chi connectivity index (χ3n) is 4.82. The molecule has 0 amide bonds. The standard InChI is InChI=1S/C18H20N6O3S2/c1-4-5-7-24-14-12(15(25)21-17(24)27)22(2)11(20-14)9-29-18-19-10-6-8-28-13(10)16(26)23(18)3/h6,8H,4-5,7,9H2,1-3H3,(H,21,25,27). The SMILES string of the molecule is CCCCn1c(=O)[nH]c(=O)c2c1nc(CSc1nc3ccsc3c(=O)n1C)n2C. The van der Waals surface area contributed by atoms with Crippen molar-refractivity contribution < 1.29 is 0 Å². The zero-order chi connectivity index (χ0) is 20.7. The smallest absolute Gasteiger partial charge is 0.325 e. The fraction of sp³-hybridized carbons (Fsp3) is 0.389. The lowest BCUT2D eigenvalue weighted by Crippen LogP contribution is -2.31. The van der Waals surface area contributed by atoms with Crippen molar-refractivity contribution in [1.29, 1.82) is 0 Å². The van der Waals surface area contributed by atoms with E-state index in [-0.39, 0.29) is 5.56 Å². The van der Waals surface area contributed by atoms with Crippen LogP contribution in [0.25, 0.3) is 21.4 Å². The Kier molecular flexibility index (Phi) is 5.17. The van der Waals surface area contributed by atoms with E-state index in [0.717, 1.165) is 12.8 Å². The minimum atomic E-state index is -0.450. The third-order valence-corrected chi connectivity index (χ3v) is 6.74. The zero-order valence-electron chi connectivity index (χ0n) is 16.3. The van der Waals surface area contributed by atoms with Gasteiger partial charge in [-0.05, 0) is 17.9 Å². The van der Waals surface area contributed by atoms with Crippen LogP contribution in [0, 0.1) is 0 Å². The van der Waals surface area contributed by atoms with E-state index in [1.165, 1.54) is 32.2 Å². The molecule has 4 aromatic heterocycles.